The van der Waals surface area contributed by atoms with Crippen LogP contribution in [0.3, 0.4) is 0 Å². The molecular weight excluding hydrogens is 258 g/mol. The van der Waals surface area contributed by atoms with Crippen molar-refractivity contribution in [2.24, 2.45) is 17.3 Å². The van der Waals surface area contributed by atoms with Gasteiger partial charge < -0.3 is 9.69 Å². The van der Waals surface area contributed by atoms with Gasteiger partial charge in [0.25, 0.3) is 0 Å². The van der Waals surface area contributed by atoms with Gasteiger partial charge in [-0.2, -0.15) is 0 Å². The average Bonchev–Trinajstić information content (AvgIpc) is 2.67. The topological polar surface area (TPSA) is 20.3 Å². The van der Waals surface area contributed by atoms with Crippen molar-refractivity contribution in [3.63, 3.8) is 0 Å². The van der Waals surface area contributed by atoms with Crippen LogP contribution < -0.4 is 0 Å². The van der Waals surface area contributed by atoms with Gasteiger partial charge in [0.15, 0.2) is 0 Å². The second kappa shape index (κ2) is 9.61. The first kappa shape index (κ1) is 18.7. The highest BCUT2D eigenvalue weighted by molar-refractivity contribution is 5.59. The Hall–Kier alpha value is -0.370. The molecule has 124 valence electrons. The lowest BCUT2D eigenvalue weighted by Crippen LogP contribution is -2.40. The number of aldehydes is 1. The Balaban J connectivity index is 2.63. The maximum Gasteiger partial charge on any atom is 0.127 e. The first-order chi connectivity index (χ1) is 9.97. The van der Waals surface area contributed by atoms with E-state index in [4.69, 9.17) is 0 Å². The molecule has 2 heteroatoms. The van der Waals surface area contributed by atoms with E-state index in [1.807, 2.05) is 0 Å². The van der Waals surface area contributed by atoms with Crippen molar-refractivity contribution in [2.45, 2.75) is 79.1 Å². The maximum atomic E-state index is 11.8. The molecule has 0 N–H and O–H groups in total. The van der Waals surface area contributed by atoms with Crippen LogP contribution in [0.1, 0.15) is 79.1 Å². The van der Waals surface area contributed by atoms with E-state index in [0.717, 1.165) is 44.3 Å². The Labute approximate surface area is 132 Å². The summed E-state index contributed by atoms with van der Waals surface area (Å²) in [5.74, 6) is 1.49. The monoisotopic (exact) mass is 295 g/mol. The molecule has 0 unspecified atom stereocenters. The molecule has 2 nitrogen and oxygen atoms in total. The van der Waals surface area contributed by atoms with Crippen molar-refractivity contribution in [3.8, 4) is 0 Å². The molecule has 0 radical (unpaired) electrons. The lowest BCUT2D eigenvalue weighted by atomic mass is 9.81. The molecule has 0 saturated heterocycles. The number of hydrogen-bond donors (Lipinski definition) is 0. The zero-order chi connectivity index (χ0) is 15.7. The summed E-state index contributed by atoms with van der Waals surface area (Å²) in [6.07, 6.45) is 11.1. The first-order valence-corrected chi connectivity index (χ1v) is 9.16. The largest absolute Gasteiger partial charge is 0.303 e. The average molecular weight is 296 g/mol. The van der Waals surface area contributed by atoms with Gasteiger partial charge in [-0.1, -0.05) is 53.4 Å². The highest BCUT2D eigenvalue weighted by Crippen LogP contribution is 2.34. The van der Waals surface area contributed by atoms with Gasteiger partial charge in [0.05, 0.1) is 0 Å². The van der Waals surface area contributed by atoms with E-state index in [1.165, 1.54) is 44.8 Å². The normalized spacial score (nSPS) is 19.2. The molecule has 0 amide bonds. The SMILES string of the molecule is CC(C)CCN(CCC(C)C)CC1(C=O)CCCCCC1. The van der Waals surface area contributed by atoms with E-state index in [9.17, 15) is 4.79 Å². The summed E-state index contributed by atoms with van der Waals surface area (Å²) in [6, 6.07) is 0. The molecule has 0 aromatic carbocycles. The second-order valence-corrected chi connectivity index (χ2v) is 8.04. The Kier molecular flexibility index (Phi) is 8.55. The van der Waals surface area contributed by atoms with Gasteiger partial charge in [0.1, 0.15) is 6.29 Å². The fraction of sp³-hybridized carbons (Fsp3) is 0.947. The summed E-state index contributed by atoms with van der Waals surface area (Å²) in [4.78, 5) is 14.4. The van der Waals surface area contributed by atoms with Crippen molar-refractivity contribution in [1.29, 1.82) is 0 Å². The molecule has 0 aromatic rings. The molecule has 0 atom stereocenters. The molecule has 0 heterocycles. The zero-order valence-corrected chi connectivity index (χ0v) is 14.9. The number of nitrogens with zero attached hydrogens (tertiary/aromatic N) is 1. The van der Waals surface area contributed by atoms with Crippen molar-refractivity contribution in [2.75, 3.05) is 19.6 Å². The minimum absolute atomic E-state index is 0.0511. The van der Waals surface area contributed by atoms with Gasteiger partial charge >= 0.3 is 0 Å². The molecule has 1 aliphatic rings. The molecule has 0 aromatic heterocycles. The smallest absolute Gasteiger partial charge is 0.127 e. The van der Waals surface area contributed by atoms with Crippen LogP contribution >= 0.6 is 0 Å². The highest BCUT2D eigenvalue weighted by Gasteiger charge is 2.32. The van der Waals surface area contributed by atoms with E-state index in [1.54, 1.807) is 0 Å². The van der Waals surface area contributed by atoms with Crippen LogP contribution in [0.15, 0.2) is 0 Å². The number of carbonyl (C=O) groups is 1. The molecular formula is C19H37NO. The predicted octanol–water partition coefficient (Wildman–Crippen LogP) is 4.92. The number of carbonyl (C=O) groups excluding carboxylic acids is 1. The molecule has 1 rings (SSSR count). The van der Waals surface area contributed by atoms with Gasteiger partial charge in [-0.05, 0) is 50.6 Å². The molecule has 0 aliphatic heterocycles. The zero-order valence-electron chi connectivity index (χ0n) is 14.9. The standard InChI is InChI=1S/C19H37NO/c1-17(2)9-13-20(14-10-18(3)4)15-19(16-21)11-7-5-6-8-12-19/h16-18H,5-15H2,1-4H3. The summed E-state index contributed by atoms with van der Waals surface area (Å²) in [7, 11) is 0. The van der Waals surface area contributed by atoms with Crippen LogP contribution in [0.2, 0.25) is 0 Å². The first-order valence-electron chi connectivity index (χ1n) is 9.16. The van der Waals surface area contributed by atoms with Crippen LogP contribution in [-0.2, 0) is 4.79 Å². The third kappa shape index (κ3) is 7.44. The fourth-order valence-electron chi connectivity index (χ4n) is 3.34. The molecule has 1 aliphatic carbocycles. The van der Waals surface area contributed by atoms with E-state index < -0.39 is 0 Å². The van der Waals surface area contributed by atoms with Crippen LogP contribution in [-0.4, -0.2) is 30.8 Å². The third-order valence-corrected chi connectivity index (χ3v) is 4.93. The second-order valence-electron chi connectivity index (χ2n) is 8.04. The van der Waals surface area contributed by atoms with Gasteiger partial charge in [-0.3, -0.25) is 0 Å². The minimum atomic E-state index is -0.0511. The summed E-state index contributed by atoms with van der Waals surface area (Å²) in [5, 5.41) is 0. The minimum Gasteiger partial charge on any atom is -0.303 e. The van der Waals surface area contributed by atoms with Gasteiger partial charge in [-0.25, -0.2) is 0 Å². The molecule has 0 bridgehead atoms. The lowest BCUT2D eigenvalue weighted by molar-refractivity contribution is -0.118. The Bertz CT molecular complexity index is 265. The van der Waals surface area contributed by atoms with E-state index >= 15 is 0 Å². The van der Waals surface area contributed by atoms with E-state index in [-0.39, 0.29) is 5.41 Å². The number of hydrogen-bond acceptors (Lipinski definition) is 2. The Morgan fingerprint density at radius 3 is 1.76 bits per heavy atom. The van der Waals surface area contributed by atoms with Crippen LogP contribution in [0, 0.1) is 17.3 Å². The summed E-state index contributed by atoms with van der Waals surface area (Å²) in [5.41, 5.74) is -0.0511. The van der Waals surface area contributed by atoms with E-state index in [2.05, 4.69) is 32.6 Å². The molecule has 21 heavy (non-hydrogen) atoms. The van der Waals surface area contributed by atoms with Crippen LogP contribution in [0.25, 0.3) is 0 Å². The maximum absolute atomic E-state index is 11.8. The lowest BCUT2D eigenvalue weighted by Gasteiger charge is -2.34. The molecule has 1 fully saturated rings. The van der Waals surface area contributed by atoms with Gasteiger partial charge in [0, 0.05) is 12.0 Å². The van der Waals surface area contributed by atoms with Crippen molar-refractivity contribution in [3.05, 3.63) is 0 Å². The highest BCUT2D eigenvalue weighted by atomic mass is 16.1. The van der Waals surface area contributed by atoms with Crippen molar-refractivity contribution < 1.29 is 4.79 Å². The quantitative estimate of drug-likeness (QED) is 0.444. The Morgan fingerprint density at radius 2 is 1.38 bits per heavy atom. The summed E-state index contributed by atoms with van der Waals surface area (Å²) < 4.78 is 0. The van der Waals surface area contributed by atoms with Crippen LogP contribution in [0.4, 0.5) is 0 Å². The molecule has 0 spiro atoms. The predicted molar refractivity (Wildman–Crippen MR) is 91.5 cm³/mol. The van der Waals surface area contributed by atoms with Gasteiger partial charge in [-0.15, -0.1) is 0 Å². The van der Waals surface area contributed by atoms with E-state index in [0.29, 0.717) is 0 Å². The van der Waals surface area contributed by atoms with Crippen LogP contribution in [0.5, 0.6) is 0 Å². The molecule has 1 saturated carbocycles. The Morgan fingerprint density at radius 1 is 0.905 bits per heavy atom. The van der Waals surface area contributed by atoms with Crippen molar-refractivity contribution in [1.82, 2.24) is 4.90 Å². The fourth-order valence-corrected chi connectivity index (χ4v) is 3.34. The number of rotatable bonds is 9. The summed E-state index contributed by atoms with van der Waals surface area (Å²) >= 11 is 0. The van der Waals surface area contributed by atoms with Gasteiger partial charge in [0.2, 0.25) is 0 Å². The summed E-state index contributed by atoms with van der Waals surface area (Å²) in [6.45, 7) is 12.5. The van der Waals surface area contributed by atoms with Crippen molar-refractivity contribution >= 4 is 6.29 Å². The third-order valence-electron chi connectivity index (χ3n) is 4.93.